The first kappa shape index (κ1) is 22.3. The SMILES string of the molecule is CC[N+](C)(CC)CCN1C(=O)CC[C@@]2(C)C1=CC[C@@H]1[C@H]3CC[C@@](C)(O)[C@]3(C)CC[C@@H]12. The third kappa shape index (κ3) is 3.11. The normalized spacial score (nSPS) is 43.7. The van der Waals surface area contributed by atoms with Gasteiger partial charge in [0.1, 0.15) is 0 Å². The summed E-state index contributed by atoms with van der Waals surface area (Å²) in [5.41, 5.74) is 0.993. The van der Waals surface area contributed by atoms with Gasteiger partial charge in [-0.1, -0.05) is 19.9 Å². The number of carbonyl (C=O) groups excluding carboxylic acids is 1. The van der Waals surface area contributed by atoms with Crippen molar-refractivity contribution in [3.8, 4) is 0 Å². The predicted octanol–water partition coefficient (Wildman–Crippen LogP) is 4.58. The molecule has 0 bridgehead atoms. The van der Waals surface area contributed by atoms with E-state index in [2.05, 4.69) is 52.6 Å². The van der Waals surface area contributed by atoms with Crippen molar-refractivity contribution in [3.63, 3.8) is 0 Å². The van der Waals surface area contributed by atoms with Crippen molar-refractivity contribution in [3.05, 3.63) is 11.8 Å². The van der Waals surface area contributed by atoms with Crippen molar-refractivity contribution in [2.45, 2.75) is 85.2 Å². The fourth-order valence-corrected chi connectivity index (χ4v) is 7.82. The zero-order valence-electron chi connectivity index (χ0n) is 20.3. The lowest BCUT2D eigenvalue weighted by molar-refractivity contribution is -0.905. The fraction of sp³-hybridized carbons (Fsp3) is 0.885. The molecule has 2 saturated carbocycles. The summed E-state index contributed by atoms with van der Waals surface area (Å²) < 4.78 is 1.02. The Morgan fingerprint density at radius 2 is 1.77 bits per heavy atom. The van der Waals surface area contributed by atoms with Crippen LogP contribution in [0.15, 0.2) is 11.8 Å². The number of quaternary nitrogens is 1. The minimum Gasteiger partial charge on any atom is -0.390 e. The van der Waals surface area contributed by atoms with E-state index >= 15 is 0 Å². The van der Waals surface area contributed by atoms with Crippen LogP contribution in [0.25, 0.3) is 0 Å². The number of rotatable bonds is 5. The lowest BCUT2D eigenvalue weighted by atomic mass is 9.48. The van der Waals surface area contributed by atoms with Gasteiger partial charge in [0.25, 0.3) is 0 Å². The van der Waals surface area contributed by atoms with Crippen molar-refractivity contribution in [1.82, 2.24) is 4.90 Å². The molecule has 6 atom stereocenters. The maximum absolute atomic E-state index is 13.0. The zero-order chi connectivity index (χ0) is 21.9. The molecule has 0 aromatic carbocycles. The van der Waals surface area contributed by atoms with Crippen LogP contribution in [0.5, 0.6) is 0 Å². The van der Waals surface area contributed by atoms with Gasteiger partial charge in [0.15, 0.2) is 0 Å². The number of allylic oxidation sites excluding steroid dienone is 2. The predicted molar refractivity (Wildman–Crippen MR) is 122 cm³/mol. The highest BCUT2D eigenvalue weighted by Gasteiger charge is 2.62. The van der Waals surface area contributed by atoms with Gasteiger partial charge in [-0.25, -0.2) is 0 Å². The standard InChI is InChI=1S/C26H45N2O2/c1-7-28(6,8-2)18-17-27-22-10-9-19-20(24(22,3)14-13-23(27)29)11-15-25(4)21(19)12-16-26(25,5)30/h10,19-21,30H,7-9,11-18H2,1-6H3/q+1/t19-,20-,21+,24+,25+,26+/m0/s1. The molecular formula is C26H45N2O2+. The minimum absolute atomic E-state index is 0.0571. The van der Waals surface area contributed by atoms with E-state index in [1.54, 1.807) is 0 Å². The van der Waals surface area contributed by atoms with Crippen LogP contribution in [0.1, 0.15) is 79.6 Å². The number of carbonyl (C=O) groups is 1. The second-order valence-corrected chi connectivity index (χ2v) is 11.9. The Bertz CT molecular complexity index is 725. The van der Waals surface area contributed by atoms with Crippen molar-refractivity contribution < 1.29 is 14.4 Å². The summed E-state index contributed by atoms with van der Waals surface area (Å²) in [6.45, 7) is 15.5. The van der Waals surface area contributed by atoms with Crippen molar-refractivity contribution >= 4 is 5.91 Å². The topological polar surface area (TPSA) is 40.5 Å². The summed E-state index contributed by atoms with van der Waals surface area (Å²) in [7, 11) is 2.31. The molecule has 4 heteroatoms. The molecule has 0 unspecified atom stereocenters. The van der Waals surface area contributed by atoms with Crippen LogP contribution in [0.2, 0.25) is 0 Å². The highest BCUT2D eigenvalue weighted by Crippen LogP contribution is 2.66. The van der Waals surface area contributed by atoms with Crippen LogP contribution in [0, 0.1) is 28.6 Å². The molecular weight excluding hydrogens is 372 g/mol. The molecule has 1 N–H and O–H groups in total. The highest BCUT2D eigenvalue weighted by molar-refractivity contribution is 5.80. The molecule has 1 amide bonds. The third-order valence-electron chi connectivity index (χ3n) is 10.8. The Kier molecular flexibility index (Phi) is 5.46. The van der Waals surface area contributed by atoms with Gasteiger partial charge < -0.3 is 14.5 Å². The van der Waals surface area contributed by atoms with Crippen LogP contribution in [-0.4, -0.2) is 59.2 Å². The Balaban J connectivity index is 1.61. The van der Waals surface area contributed by atoms with Gasteiger partial charge in [-0.15, -0.1) is 0 Å². The Hall–Kier alpha value is -0.870. The quantitative estimate of drug-likeness (QED) is 0.665. The molecule has 0 radical (unpaired) electrons. The molecule has 0 spiro atoms. The maximum Gasteiger partial charge on any atom is 0.226 e. The Morgan fingerprint density at radius 3 is 2.43 bits per heavy atom. The molecule has 30 heavy (non-hydrogen) atoms. The number of fused-ring (bicyclic) bond motifs is 5. The van der Waals surface area contributed by atoms with Crippen LogP contribution in [-0.2, 0) is 4.79 Å². The molecule has 3 fully saturated rings. The number of piperidine rings is 1. The lowest BCUT2D eigenvalue weighted by Crippen LogP contribution is -2.57. The van der Waals surface area contributed by atoms with Crippen molar-refractivity contribution in [2.75, 3.05) is 33.2 Å². The maximum atomic E-state index is 13.0. The van der Waals surface area contributed by atoms with Crippen LogP contribution in [0.3, 0.4) is 0 Å². The minimum atomic E-state index is -0.523. The van der Waals surface area contributed by atoms with E-state index in [0.29, 0.717) is 30.1 Å². The van der Waals surface area contributed by atoms with E-state index < -0.39 is 5.60 Å². The first-order valence-electron chi connectivity index (χ1n) is 12.6. The van der Waals surface area contributed by atoms with Gasteiger partial charge >= 0.3 is 0 Å². The van der Waals surface area contributed by atoms with E-state index in [9.17, 15) is 9.90 Å². The zero-order valence-corrected chi connectivity index (χ0v) is 20.3. The summed E-state index contributed by atoms with van der Waals surface area (Å²) >= 11 is 0. The average molecular weight is 418 g/mol. The van der Waals surface area contributed by atoms with Crippen LogP contribution < -0.4 is 0 Å². The van der Waals surface area contributed by atoms with E-state index in [1.807, 2.05) is 0 Å². The van der Waals surface area contributed by atoms with Crippen LogP contribution >= 0.6 is 0 Å². The second-order valence-electron chi connectivity index (χ2n) is 11.9. The van der Waals surface area contributed by atoms with E-state index in [0.717, 1.165) is 62.8 Å². The number of likely N-dealkylation sites (tertiary alicyclic amines) is 1. The summed E-state index contributed by atoms with van der Waals surface area (Å²) in [5.74, 6) is 2.26. The number of aliphatic hydroxyl groups is 1. The number of amides is 1. The molecule has 1 heterocycles. The number of nitrogens with zero attached hydrogens (tertiary/aromatic N) is 2. The number of hydrogen-bond acceptors (Lipinski definition) is 2. The van der Waals surface area contributed by atoms with Crippen molar-refractivity contribution in [1.29, 1.82) is 0 Å². The smallest absolute Gasteiger partial charge is 0.226 e. The molecule has 1 saturated heterocycles. The molecule has 4 rings (SSSR count). The summed E-state index contributed by atoms with van der Waals surface area (Å²) in [6.07, 6.45) is 9.66. The molecule has 0 aromatic rings. The largest absolute Gasteiger partial charge is 0.390 e. The fourth-order valence-electron chi connectivity index (χ4n) is 7.82. The average Bonchev–Trinajstić information content (AvgIpc) is 2.96. The molecule has 0 aromatic heterocycles. The van der Waals surface area contributed by atoms with Crippen molar-refractivity contribution in [2.24, 2.45) is 28.6 Å². The lowest BCUT2D eigenvalue weighted by Gasteiger charge is -2.59. The molecule has 170 valence electrons. The van der Waals surface area contributed by atoms with E-state index in [4.69, 9.17) is 0 Å². The summed E-state index contributed by atoms with van der Waals surface area (Å²) in [4.78, 5) is 15.2. The van der Waals surface area contributed by atoms with Gasteiger partial charge in [-0.2, -0.15) is 0 Å². The monoisotopic (exact) mass is 417 g/mol. The Labute approximate surface area is 184 Å². The van der Waals surface area contributed by atoms with Gasteiger partial charge in [0.05, 0.1) is 38.8 Å². The summed E-state index contributed by atoms with van der Waals surface area (Å²) in [5, 5.41) is 11.1. The van der Waals surface area contributed by atoms with Gasteiger partial charge in [-0.3, -0.25) is 4.79 Å². The third-order valence-corrected chi connectivity index (χ3v) is 10.8. The van der Waals surface area contributed by atoms with Crippen LogP contribution in [0.4, 0.5) is 0 Å². The molecule has 4 aliphatic rings. The number of hydrogen-bond donors (Lipinski definition) is 1. The van der Waals surface area contributed by atoms with Gasteiger partial charge in [-0.05, 0) is 82.5 Å². The van der Waals surface area contributed by atoms with Gasteiger partial charge in [0, 0.05) is 17.5 Å². The highest BCUT2D eigenvalue weighted by atomic mass is 16.3. The van der Waals surface area contributed by atoms with E-state index in [-0.39, 0.29) is 10.8 Å². The summed E-state index contributed by atoms with van der Waals surface area (Å²) in [6, 6.07) is 0. The molecule has 3 aliphatic carbocycles. The number of likely N-dealkylation sites (N-methyl/N-ethyl adjacent to an activating group) is 1. The second kappa shape index (κ2) is 7.33. The van der Waals surface area contributed by atoms with Gasteiger partial charge in [0.2, 0.25) is 5.91 Å². The van der Waals surface area contributed by atoms with E-state index in [1.165, 1.54) is 12.1 Å². The molecule has 4 nitrogen and oxygen atoms in total. The Morgan fingerprint density at radius 1 is 1.10 bits per heavy atom. The first-order valence-corrected chi connectivity index (χ1v) is 12.6. The first-order chi connectivity index (χ1) is 14.0. The molecule has 1 aliphatic heterocycles.